The lowest BCUT2D eigenvalue weighted by Gasteiger charge is -2.36. The molecule has 1 aliphatic carbocycles. The number of hydrogen-bond acceptors (Lipinski definition) is 5. The van der Waals surface area contributed by atoms with E-state index in [4.69, 9.17) is 0 Å². The Balaban J connectivity index is 1.08. The molecule has 8 nitrogen and oxygen atoms in total. The van der Waals surface area contributed by atoms with Crippen LogP contribution in [-0.2, 0) is 32.6 Å². The molecule has 1 aromatic heterocycles. The summed E-state index contributed by atoms with van der Waals surface area (Å²) in [6, 6.07) is 10.2. The second-order valence-corrected chi connectivity index (χ2v) is 14.4. The van der Waals surface area contributed by atoms with Crippen molar-refractivity contribution in [3.05, 3.63) is 53.2 Å². The van der Waals surface area contributed by atoms with Crippen molar-refractivity contribution in [3.8, 4) is 0 Å². The van der Waals surface area contributed by atoms with Gasteiger partial charge in [0.2, 0.25) is 17.7 Å². The van der Waals surface area contributed by atoms with Gasteiger partial charge in [0.25, 0.3) is 0 Å². The average Bonchev–Trinajstić information content (AvgIpc) is 3.58. The maximum absolute atomic E-state index is 13.5. The van der Waals surface area contributed by atoms with Gasteiger partial charge in [-0.3, -0.25) is 14.4 Å². The van der Waals surface area contributed by atoms with Gasteiger partial charge in [0, 0.05) is 42.5 Å². The van der Waals surface area contributed by atoms with Gasteiger partial charge in [-0.1, -0.05) is 96.1 Å². The Kier molecular flexibility index (Phi) is 12.9. The molecular weight excluding hydrogens is 586 g/mol. The van der Waals surface area contributed by atoms with Gasteiger partial charge >= 0.3 is 0 Å². The molecule has 1 saturated heterocycles. The Morgan fingerprint density at radius 3 is 2.28 bits per heavy atom. The van der Waals surface area contributed by atoms with Gasteiger partial charge in [-0.05, 0) is 68.4 Å². The predicted octanol–water partition coefficient (Wildman–Crippen LogP) is 7.46. The lowest BCUT2D eigenvalue weighted by molar-refractivity contribution is -0.137. The normalized spacial score (nSPS) is 21.4. The number of anilines is 2. The summed E-state index contributed by atoms with van der Waals surface area (Å²) in [5.74, 6) is 0.540. The highest BCUT2D eigenvalue weighted by Crippen LogP contribution is 2.47. The van der Waals surface area contributed by atoms with Crippen LogP contribution in [0.15, 0.2) is 36.5 Å². The van der Waals surface area contributed by atoms with E-state index in [0.29, 0.717) is 36.8 Å². The molecule has 3 aliphatic rings. The number of rotatable bonds is 18. The second-order valence-electron chi connectivity index (χ2n) is 14.4. The van der Waals surface area contributed by atoms with Crippen LogP contribution in [0.2, 0.25) is 0 Å². The number of carbonyl (C=O) groups excluding carboxylic acids is 3. The molecule has 0 radical (unpaired) electrons. The number of nitrogens with zero attached hydrogens (tertiary/aromatic N) is 2. The first-order valence-corrected chi connectivity index (χ1v) is 18.6. The molecule has 1 aromatic carbocycles. The minimum atomic E-state index is -0.642. The molecule has 47 heavy (non-hydrogen) atoms. The van der Waals surface area contributed by atoms with E-state index in [0.717, 1.165) is 48.9 Å². The number of amides is 3. The molecule has 3 heterocycles. The topological polar surface area (TPSA) is 103 Å². The van der Waals surface area contributed by atoms with Crippen molar-refractivity contribution in [2.24, 2.45) is 0 Å². The summed E-state index contributed by atoms with van der Waals surface area (Å²) < 4.78 is 0. The van der Waals surface area contributed by atoms with Crippen LogP contribution in [0.3, 0.4) is 0 Å². The molecule has 8 heteroatoms. The molecule has 1 spiro atoms. The first kappa shape index (κ1) is 35.1. The highest BCUT2D eigenvalue weighted by atomic mass is 16.2. The molecule has 3 atom stereocenters. The number of carbonyl (C=O) groups is 3. The summed E-state index contributed by atoms with van der Waals surface area (Å²) in [7, 11) is 0. The number of fused-ring (bicyclic) bond motifs is 3. The summed E-state index contributed by atoms with van der Waals surface area (Å²) in [6.45, 7) is 5.21. The summed E-state index contributed by atoms with van der Waals surface area (Å²) in [5, 5.41) is 9.53. The summed E-state index contributed by atoms with van der Waals surface area (Å²) in [6.07, 6.45) is 21.9. The van der Waals surface area contributed by atoms with Crippen molar-refractivity contribution in [1.82, 2.24) is 15.2 Å². The van der Waals surface area contributed by atoms with Crippen molar-refractivity contribution in [2.45, 2.75) is 147 Å². The van der Waals surface area contributed by atoms with Crippen LogP contribution in [0, 0.1) is 0 Å². The minimum absolute atomic E-state index is 0.0129. The van der Waals surface area contributed by atoms with E-state index in [1.807, 2.05) is 35.2 Å². The Labute approximate surface area is 282 Å². The maximum Gasteiger partial charge on any atom is 0.244 e. The molecule has 0 saturated carbocycles. The quantitative estimate of drug-likeness (QED) is 0.146. The number of pyridine rings is 1. The number of nitrogens with one attached hydrogen (secondary N) is 3. The fourth-order valence-electron chi connectivity index (χ4n) is 7.81. The zero-order chi connectivity index (χ0) is 33.1. The van der Waals surface area contributed by atoms with Crippen LogP contribution in [0.25, 0.3) is 0 Å². The third kappa shape index (κ3) is 9.21. The molecular formula is C39H57N5O3. The van der Waals surface area contributed by atoms with Crippen molar-refractivity contribution in [1.29, 1.82) is 0 Å². The Bertz CT molecular complexity index is 1350. The van der Waals surface area contributed by atoms with E-state index in [2.05, 4.69) is 34.8 Å². The standard InChI is InChI=1S/C39H57N5O3/c1-3-4-5-6-7-8-9-10-11-12-13-14-15-18-36(46)44(33-22-19-29(2)41-27-33)28-35(45)42-32-21-20-30-25-39(26-31(30)24-32)34-17-16-23-40-37(34)43-38(39)47/h16-17,20-21,23-24,29,33,41H,3-15,18-19,22,25-28H2,1-2H3,(H,42,45)(H,40,43,47)/t29-,33+,39-/m1/s1. The van der Waals surface area contributed by atoms with Crippen LogP contribution in [0.5, 0.6) is 0 Å². The van der Waals surface area contributed by atoms with Crippen LogP contribution in [0.1, 0.15) is 133 Å². The fraction of sp³-hybridized carbons (Fsp3) is 0.641. The number of benzene rings is 1. The molecule has 0 unspecified atom stereocenters. The van der Waals surface area contributed by atoms with Crippen LogP contribution < -0.4 is 16.0 Å². The van der Waals surface area contributed by atoms with E-state index in [-0.39, 0.29) is 30.3 Å². The molecule has 2 aliphatic heterocycles. The van der Waals surface area contributed by atoms with Crippen LogP contribution in [-0.4, -0.2) is 52.8 Å². The summed E-state index contributed by atoms with van der Waals surface area (Å²) in [5.41, 5.74) is 3.19. The largest absolute Gasteiger partial charge is 0.329 e. The third-order valence-electron chi connectivity index (χ3n) is 10.7. The van der Waals surface area contributed by atoms with Crippen molar-refractivity contribution < 1.29 is 14.4 Å². The van der Waals surface area contributed by atoms with E-state index >= 15 is 0 Å². The van der Waals surface area contributed by atoms with Crippen molar-refractivity contribution >= 4 is 29.2 Å². The van der Waals surface area contributed by atoms with E-state index < -0.39 is 5.41 Å². The Morgan fingerprint density at radius 2 is 1.60 bits per heavy atom. The molecule has 2 aromatic rings. The zero-order valence-electron chi connectivity index (χ0n) is 28.9. The Morgan fingerprint density at radius 1 is 0.915 bits per heavy atom. The number of piperidine rings is 1. The van der Waals surface area contributed by atoms with Gasteiger partial charge in [-0.15, -0.1) is 0 Å². The molecule has 1 fully saturated rings. The minimum Gasteiger partial charge on any atom is -0.329 e. The van der Waals surface area contributed by atoms with Gasteiger partial charge in [0.15, 0.2) is 0 Å². The predicted molar refractivity (Wildman–Crippen MR) is 190 cm³/mol. The number of aromatic nitrogens is 1. The molecule has 5 rings (SSSR count). The Hall–Kier alpha value is -3.26. The van der Waals surface area contributed by atoms with E-state index in [1.54, 1.807) is 6.20 Å². The summed E-state index contributed by atoms with van der Waals surface area (Å²) in [4.78, 5) is 46.2. The van der Waals surface area contributed by atoms with Crippen molar-refractivity contribution in [3.63, 3.8) is 0 Å². The fourth-order valence-corrected chi connectivity index (χ4v) is 7.81. The molecule has 256 valence electrons. The monoisotopic (exact) mass is 643 g/mol. The molecule has 0 bridgehead atoms. The summed E-state index contributed by atoms with van der Waals surface area (Å²) >= 11 is 0. The first-order chi connectivity index (χ1) is 22.9. The van der Waals surface area contributed by atoms with Gasteiger partial charge < -0.3 is 20.9 Å². The van der Waals surface area contributed by atoms with Gasteiger partial charge in [0.1, 0.15) is 12.4 Å². The van der Waals surface area contributed by atoms with Gasteiger partial charge in [-0.25, -0.2) is 4.98 Å². The van der Waals surface area contributed by atoms with Gasteiger partial charge in [0.05, 0.1) is 5.41 Å². The van der Waals surface area contributed by atoms with E-state index in [9.17, 15) is 14.4 Å². The zero-order valence-corrected chi connectivity index (χ0v) is 28.9. The SMILES string of the molecule is CCCCCCCCCCCCCCCC(=O)N(CC(=O)Nc1ccc2c(c1)C[C@@]1(C2)C(=O)Nc2ncccc21)[C@H]1CC[C@@H](C)NC1. The second kappa shape index (κ2) is 17.2. The van der Waals surface area contributed by atoms with Crippen LogP contribution in [0.4, 0.5) is 11.5 Å². The van der Waals surface area contributed by atoms with E-state index in [1.165, 1.54) is 70.6 Å². The third-order valence-corrected chi connectivity index (χ3v) is 10.7. The lowest BCUT2D eigenvalue weighted by atomic mass is 9.79. The molecule has 3 amide bonds. The highest BCUT2D eigenvalue weighted by Gasteiger charge is 2.51. The lowest BCUT2D eigenvalue weighted by Crippen LogP contribution is -2.53. The number of unbranched alkanes of at least 4 members (excludes halogenated alkanes) is 12. The number of hydrogen-bond donors (Lipinski definition) is 3. The maximum atomic E-state index is 13.5. The van der Waals surface area contributed by atoms with Gasteiger partial charge in [-0.2, -0.15) is 0 Å². The first-order valence-electron chi connectivity index (χ1n) is 18.6. The van der Waals surface area contributed by atoms with Crippen molar-refractivity contribution in [2.75, 3.05) is 23.7 Å². The smallest absolute Gasteiger partial charge is 0.244 e. The average molecular weight is 644 g/mol. The van der Waals surface area contributed by atoms with Crippen LogP contribution >= 0.6 is 0 Å². The highest BCUT2D eigenvalue weighted by molar-refractivity contribution is 6.06. The molecule has 3 N–H and O–H groups in total.